The highest BCUT2D eigenvalue weighted by Crippen LogP contribution is 2.23. The third-order valence-corrected chi connectivity index (χ3v) is 4.14. The van der Waals surface area contributed by atoms with Crippen LogP contribution in [-0.4, -0.2) is 53.4 Å². The lowest BCUT2D eigenvalue weighted by molar-refractivity contribution is 0.0654. The number of hydrogen-bond acceptors (Lipinski definition) is 3. The van der Waals surface area contributed by atoms with Gasteiger partial charge >= 0.3 is 0 Å². The minimum absolute atomic E-state index is 0.0301. The van der Waals surface area contributed by atoms with Crippen molar-refractivity contribution in [3.8, 4) is 0 Å². The Morgan fingerprint density at radius 3 is 2.55 bits per heavy atom. The van der Waals surface area contributed by atoms with E-state index in [1.54, 1.807) is 12.1 Å². The minimum atomic E-state index is -0.0301. The summed E-state index contributed by atoms with van der Waals surface area (Å²) in [6.45, 7) is 3.48. The minimum Gasteiger partial charge on any atom is -0.392 e. The largest absolute Gasteiger partial charge is 0.392 e. The van der Waals surface area contributed by atoms with Gasteiger partial charge in [-0.25, -0.2) is 0 Å². The molecule has 1 saturated heterocycles. The van der Waals surface area contributed by atoms with Crippen molar-refractivity contribution in [1.82, 2.24) is 9.80 Å². The van der Waals surface area contributed by atoms with E-state index in [2.05, 4.69) is 20.8 Å². The normalized spacial score (nSPS) is 16.2. The summed E-state index contributed by atoms with van der Waals surface area (Å²) in [5.41, 5.74) is 6.07. The van der Waals surface area contributed by atoms with Gasteiger partial charge in [0.1, 0.15) is 0 Å². The van der Waals surface area contributed by atoms with E-state index in [1.807, 2.05) is 11.0 Å². The molecule has 108 valence electrons. The molecule has 2 N–H and O–H groups in total. The van der Waals surface area contributed by atoms with Crippen LogP contribution in [0.4, 0.5) is 0 Å². The van der Waals surface area contributed by atoms with E-state index < -0.39 is 0 Å². The average Bonchev–Trinajstić information content (AvgIpc) is 2.38. The Kier molecular flexibility index (Phi) is 5.37. The van der Waals surface area contributed by atoms with Crippen molar-refractivity contribution >= 4 is 50.6 Å². The van der Waals surface area contributed by atoms with Gasteiger partial charge < -0.3 is 10.6 Å². The Balaban J connectivity index is 1.99. The first kappa shape index (κ1) is 15.7. The van der Waals surface area contributed by atoms with E-state index in [9.17, 15) is 4.79 Å². The van der Waals surface area contributed by atoms with Gasteiger partial charge in [-0.15, -0.1) is 0 Å². The van der Waals surface area contributed by atoms with E-state index in [4.69, 9.17) is 29.6 Å². The van der Waals surface area contributed by atoms with E-state index in [0.717, 1.165) is 17.6 Å². The number of nitrogens with zero attached hydrogens (tertiary/aromatic N) is 2. The van der Waals surface area contributed by atoms with Crippen LogP contribution in [0, 0.1) is 0 Å². The summed E-state index contributed by atoms with van der Waals surface area (Å²) in [4.78, 5) is 16.9. The predicted octanol–water partition coefficient (Wildman–Crippen LogP) is 2.15. The lowest BCUT2D eigenvalue weighted by atomic mass is 10.2. The molecule has 1 fully saturated rings. The Hall–Kier alpha value is -0.690. The Morgan fingerprint density at radius 1 is 1.35 bits per heavy atom. The van der Waals surface area contributed by atoms with Gasteiger partial charge in [0.05, 0.1) is 15.6 Å². The molecule has 0 saturated carbocycles. The molecule has 0 aliphatic carbocycles. The van der Waals surface area contributed by atoms with Gasteiger partial charge in [0.25, 0.3) is 5.91 Å². The van der Waals surface area contributed by atoms with Crippen molar-refractivity contribution in [2.24, 2.45) is 5.73 Å². The van der Waals surface area contributed by atoms with Crippen molar-refractivity contribution in [3.05, 3.63) is 33.3 Å². The molecular formula is C13H15BrClN3OS. The van der Waals surface area contributed by atoms with Crippen LogP contribution in [0.3, 0.4) is 0 Å². The summed E-state index contributed by atoms with van der Waals surface area (Å²) in [6.07, 6.45) is 0. The van der Waals surface area contributed by atoms with Crippen LogP contribution < -0.4 is 5.73 Å². The Morgan fingerprint density at radius 2 is 2.00 bits per heavy atom. The number of carbonyl (C=O) groups excluding carboxylic acids is 1. The zero-order chi connectivity index (χ0) is 14.7. The molecule has 1 aromatic carbocycles. The Bertz CT molecular complexity index is 532. The van der Waals surface area contributed by atoms with Crippen LogP contribution in [0.25, 0.3) is 0 Å². The molecule has 7 heteroatoms. The van der Waals surface area contributed by atoms with E-state index in [1.165, 1.54) is 0 Å². The van der Waals surface area contributed by atoms with Crippen LogP contribution >= 0.6 is 39.7 Å². The second-order valence-electron chi connectivity index (χ2n) is 4.66. The summed E-state index contributed by atoms with van der Waals surface area (Å²) in [5.74, 6) is -0.0301. The summed E-state index contributed by atoms with van der Waals surface area (Å²) < 4.78 is 0.861. The molecule has 1 aliphatic heterocycles. The van der Waals surface area contributed by atoms with Crippen LogP contribution in [0.15, 0.2) is 22.7 Å². The maximum absolute atomic E-state index is 12.4. The first-order valence-corrected chi connectivity index (χ1v) is 7.80. The van der Waals surface area contributed by atoms with E-state index in [0.29, 0.717) is 35.2 Å². The quantitative estimate of drug-likeness (QED) is 0.821. The van der Waals surface area contributed by atoms with Crippen LogP contribution in [0.2, 0.25) is 5.02 Å². The van der Waals surface area contributed by atoms with Crippen molar-refractivity contribution in [2.75, 3.05) is 32.7 Å². The van der Waals surface area contributed by atoms with Gasteiger partial charge in [0.2, 0.25) is 0 Å². The summed E-state index contributed by atoms with van der Waals surface area (Å²) in [7, 11) is 0. The van der Waals surface area contributed by atoms with Gasteiger partial charge in [-0.1, -0.05) is 39.7 Å². The molecule has 0 spiro atoms. The second kappa shape index (κ2) is 6.85. The number of benzene rings is 1. The third kappa shape index (κ3) is 3.91. The number of amides is 1. The van der Waals surface area contributed by atoms with Gasteiger partial charge in [0.15, 0.2) is 0 Å². The number of piperazine rings is 1. The van der Waals surface area contributed by atoms with Gasteiger partial charge in [-0.3, -0.25) is 9.69 Å². The number of nitrogens with two attached hydrogens (primary N) is 1. The molecule has 1 heterocycles. The molecule has 1 aliphatic rings. The number of hydrogen-bond donors (Lipinski definition) is 1. The van der Waals surface area contributed by atoms with Crippen LogP contribution in [0.5, 0.6) is 0 Å². The predicted molar refractivity (Wildman–Crippen MR) is 88.3 cm³/mol. The maximum atomic E-state index is 12.4. The molecule has 1 aromatic rings. The number of rotatable bonds is 3. The monoisotopic (exact) mass is 375 g/mol. The van der Waals surface area contributed by atoms with E-state index in [-0.39, 0.29) is 5.91 Å². The van der Waals surface area contributed by atoms with Gasteiger partial charge in [0, 0.05) is 37.2 Å². The molecule has 4 nitrogen and oxygen atoms in total. The third-order valence-electron chi connectivity index (χ3n) is 3.20. The fourth-order valence-electron chi connectivity index (χ4n) is 2.16. The summed E-state index contributed by atoms with van der Waals surface area (Å²) >= 11 is 14.3. The molecule has 20 heavy (non-hydrogen) atoms. The fraction of sp³-hybridized carbons (Fsp3) is 0.385. The van der Waals surface area contributed by atoms with Gasteiger partial charge in [-0.2, -0.15) is 0 Å². The molecule has 0 radical (unpaired) electrons. The van der Waals surface area contributed by atoms with Crippen LogP contribution in [0.1, 0.15) is 10.4 Å². The maximum Gasteiger partial charge on any atom is 0.255 e. The smallest absolute Gasteiger partial charge is 0.255 e. The second-order valence-corrected chi connectivity index (χ2v) is 6.51. The molecule has 0 aromatic heterocycles. The van der Waals surface area contributed by atoms with Gasteiger partial charge in [-0.05, 0) is 18.2 Å². The first-order chi connectivity index (χ1) is 9.47. The molecule has 0 atom stereocenters. The molecular weight excluding hydrogens is 362 g/mol. The fourth-order valence-corrected chi connectivity index (χ4v) is 3.10. The molecule has 2 rings (SSSR count). The van der Waals surface area contributed by atoms with Crippen molar-refractivity contribution < 1.29 is 4.79 Å². The molecule has 0 unspecified atom stereocenters. The lowest BCUT2D eigenvalue weighted by Crippen LogP contribution is -2.50. The SMILES string of the molecule is NC(=S)CN1CCN(C(=O)c2ccc(Br)cc2Cl)CC1. The Labute approximate surface area is 137 Å². The zero-order valence-electron chi connectivity index (χ0n) is 10.8. The summed E-state index contributed by atoms with van der Waals surface area (Å²) in [6, 6.07) is 5.30. The highest BCUT2D eigenvalue weighted by Gasteiger charge is 2.23. The number of halogens is 2. The highest BCUT2D eigenvalue weighted by atomic mass is 79.9. The molecule has 1 amide bonds. The number of thiocarbonyl (C=S) groups is 1. The number of carbonyl (C=O) groups is 1. The van der Waals surface area contributed by atoms with Crippen LogP contribution in [-0.2, 0) is 0 Å². The van der Waals surface area contributed by atoms with Crippen molar-refractivity contribution in [3.63, 3.8) is 0 Å². The zero-order valence-corrected chi connectivity index (χ0v) is 14.0. The average molecular weight is 377 g/mol. The lowest BCUT2D eigenvalue weighted by Gasteiger charge is -2.34. The highest BCUT2D eigenvalue weighted by molar-refractivity contribution is 9.10. The standard InChI is InChI=1S/C13H15BrClN3OS/c14-9-1-2-10(11(15)7-9)13(19)18-5-3-17(4-6-18)8-12(16)20/h1-2,7H,3-6,8H2,(H2,16,20). The summed E-state index contributed by atoms with van der Waals surface area (Å²) in [5, 5.41) is 0.468. The van der Waals surface area contributed by atoms with Crippen molar-refractivity contribution in [2.45, 2.75) is 0 Å². The van der Waals surface area contributed by atoms with E-state index >= 15 is 0 Å². The first-order valence-electron chi connectivity index (χ1n) is 6.22. The van der Waals surface area contributed by atoms with Crippen molar-refractivity contribution in [1.29, 1.82) is 0 Å². The molecule has 0 bridgehead atoms. The topological polar surface area (TPSA) is 49.6 Å².